The number of hydrogen-bond donors (Lipinski definition) is 1. The standard InChI is InChI=1S/C15H22N2O7S/c1-7(2)22-15(20)24-8(3)23-14(19)11-9(5-21-4)6-25-13-10(16)12(18)17(11)13/h7-8,10,13H,5-6,16H2,1-4H3/t8-,10?,13+/m1/s1. The highest BCUT2D eigenvalue weighted by Gasteiger charge is 2.52. The van der Waals surface area contributed by atoms with Crippen molar-refractivity contribution < 1.29 is 33.3 Å². The molecule has 0 bridgehead atoms. The lowest BCUT2D eigenvalue weighted by Crippen LogP contribution is -2.68. The van der Waals surface area contributed by atoms with Crippen molar-refractivity contribution in [2.24, 2.45) is 5.73 Å². The summed E-state index contributed by atoms with van der Waals surface area (Å²) in [6.45, 7) is 4.89. The normalized spacial score (nSPS) is 23.8. The predicted octanol–water partition coefficient (Wildman–Crippen LogP) is 0.580. The zero-order valence-corrected chi connectivity index (χ0v) is 15.3. The van der Waals surface area contributed by atoms with Crippen molar-refractivity contribution in [3.05, 3.63) is 11.3 Å². The summed E-state index contributed by atoms with van der Waals surface area (Å²) < 4.78 is 19.9. The summed E-state index contributed by atoms with van der Waals surface area (Å²) in [6.07, 6.45) is -2.48. The lowest BCUT2D eigenvalue weighted by atomic mass is 10.0. The number of nitrogens with zero attached hydrogens (tertiary/aromatic N) is 1. The van der Waals surface area contributed by atoms with Gasteiger partial charge in [-0.15, -0.1) is 11.8 Å². The summed E-state index contributed by atoms with van der Waals surface area (Å²) in [5, 5.41) is -0.308. The number of carbonyl (C=O) groups is 3. The third-order valence-electron chi connectivity index (χ3n) is 3.47. The van der Waals surface area contributed by atoms with Crippen LogP contribution in [0.15, 0.2) is 11.3 Å². The van der Waals surface area contributed by atoms with Gasteiger partial charge in [0.25, 0.3) is 0 Å². The number of fused-ring (bicyclic) bond motifs is 1. The maximum Gasteiger partial charge on any atom is 0.511 e. The first-order valence-electron chi connectivity index (χ1n) is 7.75. The molecule has 25 heavy (non-hydrogen) atoms. The molecule has 0 radical (unpaired) electrons. The van der Waals surface area contributed by atoms with E-state index < -0.39 is 24.5 Å². The summed E-state index contributed by atoms with van der Waals surface area (Å²) in [4.78, 5) is 37.3. The molecule has 9 nitrogen and oxygen atoms in total. The van der Waals surface area contributed by atoms with E-state index in [0.29, 0.717) is 11.3 Å². The highest BCUT2D eigenvalue weighted by molar-refractivity contribution is 8.00. The fraction of sp³-hybridized carbons (Fsp3) is 0.667. The minimum Gasteiger partial charge on any atom is -0.431 e. The molecule has 2 aliphatic heterocycles. The van der Waals surface area contributed by atoms with Gasteiger partial charge in [0.15, 0.2) is 0 Å². The minimum atomic E-state index is -1.17. The predicted molar refractivity (Wildman–Crippen MR) is 88.2 cm³/mol. The number of carbonyl (C=O) groups excluding carboxylic acids is 3. The molecule has 2 aliphatic rings. The van der Waals surface area contributed by atoms with Gasteiger partial charge in [-0.25, -0.2) is 9.59 Å². The van der Waals surface area contributed by atoms with Crippen LogP contribution in [0.5, 0.6) is 0 Å². The number of rotatable bonds is 6. The van der Waals surface area contributed by atoms with Crippen molar-refractivity contribution in [3.63, 3.8) is 0 Å². The lowest BCUT2D eigenvalue weighted by Gasteiger charge is -2.48. The van der Waals surface area contributed by atoms with Gasteiger partial charge in [-0.2, -0.15) is 0 Å². The lowest BCUT2D eigenvalue weighted by molar-refractivity contribution is -0.169. The molecule has 1 fully saturated rings. The second-order valence-electron chi connectivity index (χ2n) is 5.83. The molecule has 0 aliphatic carbocycles. The molecule has 2 heterocycles. The largest absolute Gasteiger partial charge is 0.511 e. The Morgan fingerprint density at radius 3 is 2.56 bits per heavy atom. The molecule has 2 N–H and O–H groups in total. The average molecular weight is 374 g/mol. The molecule has 0 aromatic heterocycles. The Bertz CT molecular complexity index is 592. The van der Waals surface area contributed by atoms with Crippen LogP contribution < -0.4 is 5.73 Å². The van der Waals surface area contributed by atoms with Crippen molar-refractivity contribution >= 4 is 29.8 Å². The number of β-lactam (4-membered cyclic amide) rings is 1. The van der Waals surface area contributed by atoms with E-state index in [9.17, 15) is 14.4 Å². The molecule has 10 heteroatoms. The fourth-order valence-corrected chi connectivity index (χ4v) is 3.71. The van der Waals surface area contributed by atoms with E-state index in [2.05, 4.69) is 0 Å². The number of hydrogen-bond acceptors (Lipinski definition) is 9. The zero-order valence-electron chi connectivity index (χ0n) is 14.5. The van der Waals surface area contributed by atoms with Crippen molar-refractivity contribution in [3.8, 4) is 0 Å². The van der Waals surface area contributed by atoms with Crippen molar-refractivity contribution in [1.29, 1.82) is 0 Å². The van der Waals surface area contributed by atoms with Crippen LogP contribution in [0.4, 0.5) is 4.79 Å². The number of esters is 1. The van der Waals surface area contributed by atoms with Gasteiger partial charge in [0.05, 0.1) is 12.7 Å². The highest BCUT2D eigenvalue weighted by Crippen LogP contribution is 2.39. The second-order valence-corrected chi connectivity index (χ2v) is 6.93. The van der Waals surface area contributed by atoms with Crippen LogP contribution in [0.2, 0.25) is 0 Å². The minimum absolute atomic E-state index is 0.102. The number of ether oxygens (including phenoxy) is 4. The number of nitrogens with two attached hydrogens (primary N) is 1. The van der Waals surface area contributed by atoms with Gasteiger partial charge in [0.2, 0.25) is 12.2 Å². The molecule has 1 amide bonds. The summed E-state index contributed by atoms with van der Waals surface area (Å²) in [7, 11) is 1.49. The smallest absolute Gasteiger partial charge is 0.431 e. The summed E-state index contributed by atoms with van der Waals surface area (Å²) in [5.41, 5.74) is 6.49. The molecular weight excluding hydrogens is 352 g/mol. The SMILES string of the molecule is COCC1=C(C(=O)O[C@@H](C)OC(=O)OC(C)C)N2C(=O)C(N)[C@@H]2SC1. The second kappa shape index (κ2) is 8.07. The molecule has 140 valence electrons. The number of thioether (sulfide) groups is 1. The van der Waals surface area contributed by atoms with Crippen molar-refractivity contribution in [2.75, 3.05) is 19.5 Å². The van der Waals surface area contributed by atoms with Crippen molar-refractivity contribution in [1.82, 2.24) is 4.90 Å². The molecule has 2 rings (SSSR count). The average Bonchev–Trinajstić information content (AvgIpc) is 2.52. The van der Waals surface area contributed by atoms with E-state index in [1.54, 1.807) is 13.8 Å². The Hall–Kier alpha value is -1.78. The van der Waals surface area contributed by atoms with E-state index >= 15 is 0 Å². The van der Waals surface area contributed by atoms with Crippen LogP contribution in [-0.4, -0.2) is 66.2 Å². The Labute approximate surface area is 149 Å². The van der Waals surface area contributed by atoms with Crippen LogP contribution in [0, 0.1) is 0 Å². The monoisotopic (exact) mass is 374 g/mol. The molecular formula is C15H22N2O7S. The van der Waals surface area contributed by atoms with E-state index in [-0.39, 0.29) is 29.7 Å². The third-order valence-corrected chi connectivity index (χ3v) is 4.83. The molecule has 0 spiro atoms. The van der Waals surface area contributed by atoms with Gasteiger partial charge < -0.3 is 24.7 Å². The number of methoxy groups -OCH3 is 1. The first-order valence-corrected chi connectivity index (χ1v) is 8.80. The maximum absolute atomic E-state index is 12.5. The Morgan fingerprint density at radius 2 is 1.96 bits per heavy atom. The van der Waals surface area contributed by atoms with E-state index in [4.69, 9.17) is 24.7 Å². The van der Waals surface area contributed by atoms with Crippen LogP contribution >= 0.6 is 11.8 Å². The molecule has 0 aromatic rings. The van der Waals surface area contributed by atoms with Gasteiger partial charge in [-0.3, -0.25) is 9.69 Å². The van der Waals surface area contributed by atoms with E-state index in [1.807, 2.05) is 0 Å². The Balaban J connectivity index is 2.08. The summed E-state index contributed by atoms with van der Waals surface area (Å²) in [5.74, 6) is -0.640. The fourth-order valence-electron chi connectivity index (χ4n) is 2.44. The van der Waals surface area contributed by atoms with Crippen LogP contribution in [-0.2, 0) is 28.5 Å². The third kappa shape index (κ3) is 4.25. The van der Waals surface area contributed by atoms with E-state index in [0.717, 1.165) is 0 Å². The van der Waals surface area contributed by atoms with Gasteiger partial charge in [-0.1, -0.05) is 0 Å². The Morgan fingerprint density at radius 1 is 1.28 bits per heavy atom. The van der Waals surface area contributed by atoms with Crippen LogP contribution in [0.25, 0.3) is 0 Å². The maximum atomic E-state index is 12.5. The molecule has 1 saturated heterocycles. The van der Waals surface area contributed by atoms with Crippen LogP contribution in [0.3, 0.4) is 0 Å². The van der Waals surface area contributed by atoms with Gasteiger partial charge in [0, 0.05) is 19.8 Å². The van der Waals surface area contributed by atoms with Crippen molar-refractivity contribution in [2.45, 2.75) is 44.6 Å². The molecule has 1 unspecified atom stereocenters. The molecule has 0 aromatic carbocycles. The van der Waals surface area contributed by atoms with Crippen LogP contribution in [0.1, 0.15) is 20.8 Å². The summed E-state index contributed by atoms with van der Waals surface area (Å²) in [6, 6.07) is -0.647. The summed E-state index contributed by atoms with van der Waals surface area (Å²) >= 11 is 1.46. The zero-order chi connectivity index (χ0) is 18.7. The first-order chi connectivity index (χ1) is 11.8. The highest BCUT2D eigenvalue weighted by atomic mass is 32.2. The Kier molecular flexibility index (Phi) is 6.31. The quantitative estimate of drug-likeness (QED) is 0.404. The van der Waals surface area contributed by atoms with Gasteiger partial charge >= 0.3 is 12.1 Å². The molecule has 3 atom stereocenters. The number of amides is 1. The molecule has 0 saturated carbocycles. The van der Waals surface area contributed by atoms with E-state index in [1.165, 1.54) is 30.7 Å². The first kappa shape index (κ1) is 19.5. The van der Waals surface area contributed by atoms with Gasteiger partial charge in [0.1, 0.15) is 17.1 Å². The van der Waals surface area contributed by atoms with Gasteiger partial charge in [-0.05, 0) is 19.4 Å². The topological polar surface area (TPSA) is 117 Å².